The lowest BCUT2D eigenvalue weighted by atomic mass is 10.1. The van der Waals surface area contributed by atoms with E-state index in [4.69, 9.17) is 4.74 Å². The topological polar surface area (TPSA) is 49.9 Å². The van der Waals surface area contributed by atoms with E-state index in [1.165, 1.54) is 22.6 Å². The molecule has 0 N–H and O–H groups in total. The Labute approximate surface area is 111 Å². The van der Waals surface area contributed by atoms with Gasteiger partial charge in [-0.15, -0.1) is 0 Å². The second kappa shape index (κ2) is 4.73. The Morgan fingerprint density at radius 1 is 1.21 bits per heavy atom. The fraction of sp³-hybridized carbons (Fsp3) is 0.500. The summed E-state index contributed by atoms with van der Waals surface area (Å²) in [6, 6.07) is 4.25. The van der Waals surface area contributed by atoms with Crippen molar-refractivity contribution in [3.8, 4) is 0 Å². The quantitative estimate of drug-likeness (QED) is 0.765. The van der Waals surface area contributed by atoms with E-state index in [0.29, 0.717) is 38.4 Å². The van der Waals surface area contributed by atoms with E-state index >= 15 is 0 Å². The lowest BCUT2D eigenvalue weighted by Crippen LogP contribution is -2.54. The van der Waals surface area contributed by atoms with Crippen molar-refractivity contribution in [2.45, 2.75) is 6.42 Å². The third kappa shape index (κ3) is 2.33. The van der Waals surface area contributed by atoms with Gasteiger partial charge in [-0.1, -0.05) is 0 Å². The van der Waals surface area contributed by atoms with Gasteiger partial charge in [0.25, 0.3) is 0 Å². The highest BCUT2D eigenvalue weighted by molar-refractivity contribution is 7.92. The minimum atomic E-state index is -3.37. The highest BCUT2D eigenvalue weighted by Crippen LogP contribution is 2.31. The van der Waals surface area contributed by atoms with Crippen LogP contribution in [0.5, 0.6) is 0 Å². The molecule has 1 saturated heterocycles. The molecule has 1 aromatic rings. The number of sulfonamides is 1. The first-order valence-electron chi connectivity index (χ1n) is 6.22. The molecule has 104 valence electrons. The number of benzene rings is 1. The van der Waals surface area contributed by atoms with Crippen molar-refractivity contribution in [3.05, 3.63) is 29.6 Å². The van der Waals surface area contributed by atoms with Crippen molar-refractivity contribution < 1.29 is 17.5 Å². The van der Waals surface area contributed by atoms with Crippen LogP contribution in [0.1, 0.15) is 5.56 Å². The van der Waals surface area contributed by atoms with Gasteiger partial charge >= 0.3 is 0 Å². The number of anilines is 1. The van der Waals surface area contributed by atoms with Crippen LogP contribution in [-0.4, -0.2) is 45.5 Å². The number of hydrazine groups is 1. The zero-order chi connectivity index (χ0) is 13.5. The molecule has 1 aromatic carbocycles. The van der Waals surface area contributed by atoms with Crippen LogP contribution in [0.15, 0.2) is 18.2 Å². The van der Waals surface area contributed by atoms with Crippen molar-refractivity contribution in [2.24, 2.45) is 0 Å². The SMILES string of the molecule is O=S1(=O)CCc2cc(F)ccc2N1N1CCOCC1. The summed E-state index contributed by atoms with van der Waals surface area (Å²) in [7, 11) is -3.37. The average Bonchev–Trinajstić information content (AvgIpc) is 2.39. The van der Waals surface area contributed by atoms with Gasteiger partial charge in [0.15, 0.2) is 0 Å². The number of fused-ring (bicyclic) bond motifs is 1. The van der Waals surface area contributed by atoms with Gasteiger partial charge in [-0.25, -0.2) is 17.8 Å². The molecule has 5 nitrogen and oxygen atoms in total. The maximum atomic E-state index is 13.3. The summed E-state index contributed by atoms with van der Waals surface area (Å²) in [6.45, 7) is 2.05. The van der Waals surface area contributed by atoms with Crippen LogP contribution in [0.2, 0.25) is 0 Å². The summed E-state index contributed by atoms with van der Waals surface area (Å²) in [5, 5.41) is 1.76. The van der Waals surface area contributed by atoms with Gasteiger partial charge in [-0.3, -0.25) is 0 Å². The molecule has 0 bridgehead atoms. The monoisotopic (exact) mass is 286 g/mol. The number of rotatable bonds is 1. The Kier molecular flexibility index (Phi) is 3.20. The molecule has 0 atom stereocenters. The highest BCUT2D eigenvalue weighted by Gasteiger charge is 2.35. The van der Waals surface area contributed by atoms with Crippen molar-refractivity contribution >= 4 is 15.7 Å². The highest BCUT2D eigenvalue weighted by atomic mass is 32.2. The summed E-state index contributed by atoms with van der Waals surface area (Å²) in [5.41, 5.74) is 1.30. The number of aryl methyl sites for hydroxylation is 1. The molecule has 2 heterocycles. The van der Waals surface area contributed by atoms with Gasteiger partial charge in [0.1, 0.15) is 5.82 Å². The third-order valence-corrected chi connectivity index (χ3v) is 5.06. The number of halogens is 1. The van der Waals surface area contributed by atoms with Gasteiger partial charge in [-0.05, 0) is 30.2 Å². The van der Waals surface area contributed by atoms with Gasteiger partial charge in [0.05, 0.1) is 24.7 Å². The van der Waals surface area contributed by atoms with Crippen LogP contribution in [-0.2, 0) is 21.2 Å². The molecule has 2 aliphatic rings. The van der Waals surface area contributed by atoms with Gasteiger partial charge in [0.2, 0.25) is 10.0 Å². The molecule has 0 radical (unpaired) electrons. The molecule has 0 saturated carbocycles. The van der Waals surface area contributed by atoms with E-state index in [1.54, 1.807) is 5.01 Å². The number of morpholine rings is 1. The van der Waals surface area contributed by atoms with Crippen molar-refractivity contribution in [2.75, 3.05) is 36.5 Å². The number of nitrogens with zero attached hydrogens (tertiary/aromatic N) is 2. The zero-order valence-electron chi connectivity index (χ0n) is 10.4. The fourth-order valence-electron chi connectivity index (χ4n) is 2.48. The molecule has 0 amide bonds. The van der Waals surface area contributed by atoms with E-state index in [0.717, 1.165) is 5.56 Å². The normalized spacial score (nSPS) is 23.1. The molecule has 0 aliphatic carbocycles. The molecular weight excluding hydrogens is 271 g/mol. The maximum absolute atomic E-state index is 13.3. The predicted molar refractivity (Wildman–Crippen MR) is 68.8 cm³/mol. The lowest BCUT2D eigenvalue weighted by Gasteiger charge is -2.40. The standard InChI is InChI=1S/C12H15FN2O3S/c13-11-1-2-12-10(9-11)3-8-19(16,17)15(12)14-4-6-18-7-5-14/h1-2,9H,3-8H2. The number of ether oxygens (including phenoxy) is 1. The van der Waals surface area contributed by atoms with E-state index in [2.05, 4.69) is 0 Å². The van der Waals surface area contributed by atoms with E-state index in [9.17, 15) is 12.8 Å². The summed E-state index contributed by atoms with van der Waals surface area (Å²) in [4.78, 5) is 0. The molecule has 0 aromatic heterocycles. The average molecular weight is 286 g/mol. The minimum absolute atomic E-state index is 0.0147. The van der Waals surface area contributed by atoms with Crippen LogP contribution in [0.3, 0.4) is 0 Å². The van der Waals surface area contributed by atoms with Gasteiger partial charge < -0.3 is 4.74 Å². The third-order valence-electron chi connectivity index (χ3n) is 3.38. The molecule has 19 heavy (non-hydrogen) atoms. The smallest absolute Gasteiger partial charge is 0.249 e. The molecule has 3 rings (SSSR count). The fourth-order valence-corrected chi connectivity index (χ4v) is 4.12. The Balaban J connectivity index is 2.04. The van der Waals surface area contributed by atoms with Crippen LogP contribution in [0.25, 0.3) is 0 Å². The van der Waals surface area contributed by atoms with E-state index in [-0.39, 0.29) is 11.6 Å². The molecule has 2 aliphatic heterocycles. The largest absolute Gasteiger partial charge is 0.379 e. The van der Waals surface area contributed by atoms with Crippen LogP contribution >= 0.6 is 0 Å². The first-order chi connectivity index (χ1) is 9.08. The summed E-state index contributed by atoms with van der Waals surface area (Å²) >= 11 is 0. The van der Waals surface area contributed by atoms with E-state index < -0.39 is 10.0 Å². The van der Waals surface area contributed by atoms with Crippen molar-refractivity contribution in [1.29, 1.82) is 0 Å². The second-order valence-electron chi connectivity index (χ2n) is 4.65. The van der Waals surface area contributed by atoms with Crippen LogP contribution < -0.4 is 4.41 Å². The molecule has 7 heteroatoms. The first-order valence-corrected chi connectivity index (χ1v) is 7.83. The first kappa shape index (κ1) is 12.8. The minimum Gasteiger partial charge on any atom is -0.379 e. The van der Waals surface area contributed by atoms with Crippen molar-refractivity contribution in [3.63, 3.8) is 0 Å². The zero-order valence-corrected chi connectivity index (χ0v) is 11.2. The van der Waals surface area contributed by atoms with Gasteiger partial charge in [-0.2, -0.15) is 4.41 Å². The molecular formula is C12H15FN2O3S. The maximum Gasteiger partial charge on any atom is 0.249 e. The van der Waals surface area contributed by atoms with Crippen molar-refractivity contribution in [1.82, 2.24) is 5.01 Å². The number of hydrogen-bond donors (Lipinski definition) is 0. The van der Waals surface area contributed by atoms with E-state index in [1.807, 2.05) is 0 Å². The summed E-state index contributed by atoms with van der Waals surface area (Å²) in [5.74, 6) is -0.319. The summed E-state index contributed by atoms with van der Waals surface area (Å²) in [6.07, 6.45) is 0.357. The van der Waals surface area contributed by atoms with Gasteiger partial charge in [0, 0.05) is 13.1 Å². The van der Waals surface area contributed by atoms with Crippen LogP contribution in [0, 0.1) is 5.82 Å². The molecule has 0 unspecified atom stereocenters. The summed E-state index contributed by atoms with van der Waals surface area (Å²) < 4.78 is 44.4. The number of hydrogen-bond acceptors (Lipinski definition) is 4. The predicted octanol–water partition coefficient (Wildman–Crippen LogP) is 0.765. The Bertz CT molecular complexity index is 585. The second-order valence-corrected chi connectivity index (χ2v) is 6.57. The lowest BCUT2D eigenvalue weighted by molar-refractivity contribution is 0.0407. The van der Waals surface area contributed by atoms with Crippen LogP contribution in [0.4, 0.5) is 10.1 Å². The Morgan fingerprint density at radius 3 is 2.68 bits per heavy atom. The Hall–Kier alpha value is -1.18. The Morgan fingerprint density at radius 2 is 1.95 bits per heavy atom. The molecule has 1 fully saturated rings. The molecule has 0 spiro atoms.